The fourth-order valence-corrected chi connectivity index (χ4v) is 4.17. The van der Waals surface area contributed by atoms with E-state index in [-0.39, 0.29) is 47.8 Å². The smallest absolute Gasteiger partial charge is 0.236 e. The lowest BCUT2D eigenvalue weighted by atomic mass is 9.84. The number of amides is 2. The van der Waals surface area contributed by atoms with Crippen LogP contribution in [0.3, 0.4) is 0 Å². The van der Waals surface area contributed by atoms with E-state index >= 15 is 0 Å². The lowest BCUT2D eigenvalue weighted by Gasteiger charge is -2.37. The molecule has 3 rings (SSSR count). The summed E-state index contributed by atoms with van der Waals surface area (Å²) in [4.78, 5) is 30.5. The molecule has 0 spiro atoms. The SMILES string of the molecule is CN1CCN(C(=O)CN2CCC([C@H]3OCC[C@@H]3C(N)=O)CC2)CC1.I. The molecule has 25 heavy (non-hydrogen) atoms. The Labute approximate surface area is 167 Å². The van der Waals surface area contributed by atoms with Gasteiger partial charge in [0.15, 0.2) is 0 Å². The molecular weight excluding hydrogens is 435 g/mol. The summed E-state index contributed by atoms with van der Waals surface area (Å²) in [7, 11) is 2.09. The van der Waals surface area contributed by atoms with Gasteiger partial charge in [0.1, 0.15) is 0 Å². The number of rotatable bonds is 4. The normalized spacial score (nSPS) is 29.4. The molecule has 3 heterocycles. The molecule has 0 unspecified atom stereocenters. The molecule has 0 bridgehead atoms. The molecule has 2 atom stereocenters. The zero-order valence-corrected chi connectivity index (χ0v) is 17.4. The van der Waals surface area contributed by atoms with Crippen LogP contribution >= 0.6 is 24.0 Å². The first-order chi connectivity index (χ1) is 11.5. The summed E-state index contributed by atoms with van der Waals surface area (Å²) >= 11 is 0. The van der Waals surface area contributed by atoms with Crippen molar-refractivity contribution in [1.29, 1.82) is 0 Å². The lowest BCUT2D eigenvalue weighted by Crippen LogP contribution is -2.51. The minimum absolute atomic E-state index is 0. The number of likely N-dealkylation sites (N-methyl/N-ethyl adjacent to an activating group) is 1. The Morgan fingerprint density at radius 1 is 1.04 bits per heavy atom. The number of ether oxygens (including phenoxy) is 1. The van der Waals surface area contributed by atoms with Gasteiger partial charge in [-0.3, -0.25) is 14.5 Å². The molecule has 2 amide bonds. The van der Waals surface area contributed by atoms with Crippen molar-refractivity contribution in [2.24, 2.45) is 17.6 Å². The van der Waals surface area contributed by atoms with Gasteiger partial charge in [-0.05, 0) is 45.3 Å². The summed E-state index contributed by atoms with van der Waals surface area (Å²) in [5.74, 6) is 0.271. The van der Waals surface area contributed by atoms with E-state index in [2.05, 4.69) is 16.8 Å². The molecule has 0 aliphatic carbocycles. The number of hydrogen-bond donors (Lipinski definition) is 1. The molecule has 144 valence electrons. The maximum atomic E-state index is 12.4. The van der Waals surface area contributed by atoms with E-state index in [4.69, 9.17) is 10.5 Å². The Kier molecular flexibility index (Phi) is 7.91. The molecule has 0 radical (unpaired) electrons. The average molecular weight is 466 g/mol. The monoisotopic (exact) mass is 466 g/mol. The molecular formula is C17H31IN4O3. The van der Waals surface area contributed by atoms with Crippen LogP contribution in [-0.2, 0) is 14.3 Å². The van der Waals surface area contributed by atoms with Crippen LogP contribution in [0, 0.1) is 11.8 Å². The van der Waals surface area contributed by atoms with E-state index in [0.29, 0.717) is 19.1 Å². The van der Waals surface area contributed by atoms with Crippen molar-refractivity contribution in [2.45, 2.75) is 25.4 Å². The summed E-state index contributed by atoms with van der Waals surface area (Å²) < 4.78 is 5.79. The molecule has 2 N–H and O–H groups in total. The predicted octanol–water partition coefficient (Wildman–Crippen LogP) is -0.0192. The number of piperidine rings is 1. The van der Waals surface area contributed by atoms with Gasteiger partial charge in [0.25, 0.3) is 0 Å². The van der Waals surface area contributed by atoms with Gasteiger partial charge in [-0.25, -0.2) is 0 Å². The number of piperazine rings is 1. The van der Waals surface area contributed by atoms with Crippen molar-refractivity contribution in [3.8, 4) is 0 Å². The highest BCUT2D eigenvalue weighted by Gasteiger charge is 2.39. The van der Waals surface area contributed by atoms with E-state index < -0.39 is 0 Å². The summed E-state index contributed by atoms with van der Waals surface area (Å²) in [5.41, 5.74) is 5.50. The maximum Gasteiger partial charge on any atom is 0.236 e. The van der Waals surface area contributed by atoms with Crippen molar-refractivity contribution in [2.75, 3.05) is 59.5 Å². The van der Waals surface area contributed by atoms with E-state index in [9.17, 15) is 9.59 Å². The summed E-state index contributed by atoms with van der Waals surface area (Å²) in [6.45, 7) is 6.54. The lowest BCUT2D eigenvalue weighted by molar-refractivity contribution is -0.134. The van der Waals surface area contributed by atoms with Crippen LogP contribution in [0.2, 0.25) is 0 Å². The quantitative estimate of drug-likeness (QED) is 0.590. The third-order valence-corrected chi connectivity index (χ3v) is 5.81. The second kappa shape index (κ2) is 9.48. The number of nitrogens with two attached hydrogens (primary N) is 1. The highest BCUT2D eigenvalue weighted by Crippen LogP contribution is 2.32. The van der Waals surface area contributed by atoms with Gasteiger partial charge in [-0.15, -0.1) is 24.0 Å². The van der Waals surface area contributed by atoms with Crippen LogP contribution in [0.1, 0.15) is 19.3 Å². The van der Waals surface area contributed by atoms with E-state index in [1.807, 2.05) is 4.90 Å². The highest BCUT2D eigenvalue weighted by molar-refractivity contribution is 14.0. The number of hydrogen-bond acceptors (Lipinski definition) is 5. The van der Waals surface area contributed by atoms with E-state index in [1.54, 1.807) is 0 Å². The van der Waals surface area contributed by atoms with Crippen LogP contribution in [0.4, 0.5) is 0 Å². The van der Waals surface area contributed by atoms with Crippen LogP contribution in [0.15, 0.2) is 0 Å². The zero-order chi connectivity index (χ0) is 17.1. The molecule has 0 aromatic rings. The molecule has 7 nitrogen and oxygen atoms in total. The summed E-state index contributed by atoms with van der Waals surface area (Å²) in [6.07, 6.45) is 2.69. The predicted molar refractivity (Wildman–Crippen MR) is 106 cm³/mol. The molecule has 8 heteroatoms. The highest BCUT2D eigenvalue weighted by atomic mass is 127. The Balaban J connectivity index is 0.00000225. The average Bonchev–Trinajstić information content (AvgIpc) is 3.06. The van der Waals surface area contributed by atoms with Gasteiger partial charge in [0.2, 0.25) is 11.8 Å². The van der Waals surface area contributed by atoms with Crippen molar-refractivity contribution >= 4 is 35.8 Å². The Hall–Kier alpha value is -0.450. The minimum atomic E-state index is -0.231. The number of likely N-dealkylation sites (tertiary alicyclic amines) is 1. The zero-order valence-electron chi connectivity index (χ0n) is 15.1. The van der Waals surface area contributed by atoms with Crippen LogP contribution in [-0.4, -0.2) is 92.1 Å². The topological polar surface area (TPSA) is 79.1 Å². The molecule has 3 aliphatic rings. The molecule has 3 aliphatic heterocycles. The van der Waals surface area contributed by atoms with Gasteiger partial charge in [-0.2, -0.15) is 0 Å². The minimum Gasteiger partial charge on any atom is -0.377 e. The fourth-order valence-electron chi connectivity index (χ4n) is 4.17. The van der Waals surface area contributed by atoms with Gasteiger partial charge in [-0.1, -0.05) is 0 Å². The van der Waals surface area contributed by atoms with Crippen molar-refractivity contribution in [1.82, 2.24) is 14.7 Å². The first-order valence-electron chi connectivity index (χ1n) is 9.14. The van der Waals surface area contributed by atoms with Crippen molar-refractivity contribution in [3.63, 3.8) is 0 Å². The van der Waals surface area contributed by atoms with Crippen LogP contribution < -0.4 is 5.73 Å². The molecule has 0 aromatic carbocycles. The van der Waals surface area contributed by atoms with E-state index in [1.165, 1.54) is 0 Å². The first-order valence-corrected chi connectivity index (χ1v) is 9.14. The second-order valence-corrected chi connectivity index (χ2v) is 7.43. The Morgan fingerprint density at radius 3 is 2.28 bits per heavy atom. The molecule has 3 fully saturated rings. The second-order valence-electron chi connectivity index (χ2n) is 7.43. The molecule has 3 saturated heterocycles. The van der Waals surface area contributed by atoms with E-state index in [0.717, 1.165) is 58.5 Å². The third-order valence-electron chi connectivity index (χ3n) is 5.81. The number of nitrogens with zero attached hydrogens (tertiary/aromatic N) is 3. The third kappa shape index (κ3) is 5.27. The largest absolute Gasteiger partial charge is 0.377 e. The van der Waals surface area contributed by atoms with Crippen molar-refractivity contribution in [3.05, 3.63) is 0 Å². The van der Waals surface area contributed by atoms with Crippen molar-refractivity contribution < 1.29 is 14.3 Å². The maximum absolute atomic E-state index is 12.4. The Morgan fingerprint density at radius 2 is 1.68 bits per heavy atom. The fraction of sp³-hybridized carbons (Fsp3) is 0.882. The standard InChI is InChI=1S/C17H30N4O3.HI/c1-19-7-9-21(10-8-19)15(22)12-20-5-2-13(3-6-20)16-14(17(18)23)4-11-24-16;/h13-14,16H,2-12H2,1H3,(H2,18,23);1H/t14-,16+;/m0./s1. The molecule has 0 saturated carbocycles. The van der Waals surface area contributed by atoms with Crippen LogP contribution in [0.25, 0.3) is 0 Å². The number of halogens is 1. The number of primary amides is 1. The van der Waals surface area contributed by atoms with Crippen LogP contribution in [0.5, 0.6) is 0 Å². The van der Waals surface area contributed by atoms with Gasteiger partial charge >= 0.3 is 0 Å². The molecule has 0 aromatic heterocycles. The summed E-state index contributed by atoms with van der Waals surface area (Å²) in [5, 5.41) is 0. The van der Waals surface area contributed by atoms with Gasteiger partial charge in [0.05, 0.1) is 18.6 Å². The first kappa shape index (κ1) is 20.9. The Bertz CT molecular complexity index is 463. The van der Waals surface area contributed by atoms with Gasteiger partial charge in [0, 0.05) is 32.8 Å². The summed E-state index contributed by atoms with van der Waals surface area (Å²) in [6, 6.07) is 0. The number of carbonyl (C=O) groups excluding carboxylic acids is 2. The number of carbonyl (C=O) groups is 2. The van der Waals surface area contributed by atoms with Gasteiger partial charge < -0.3 is 20.3 Å².